The summed E-state index contributed by atoms with van der Waals surface area (Å²) in [6.07, 6.45) is 7.31. The summed E-state index contributed by atoms with van der Waals surface area (Å²) in [5, 5.41) is 9.68. The van der Waals surface area contributed by atoms with Gasteiger partial charge in [-0.1, -0.05) is 6.58 Å². The third kappa shape index (κ3) is 2.89. The van der Waals surface area contributed by atoms with Crippen molar-refractivity contribution in [2.24, 2.45) is 10.8 Å². The summed E-state index contributed by atoms with van der Waals surface area (Å²) in [7, 11) is 0. The van der Waals surface area contributed by atoms with Crippen LogP contribution < -0.4 is 11.3 Å². The Balaban J connectivity index is 2.42. The summed E-state index contributed by atoms with van der Waals surface area (Å²) >= 11 is 0. The molecule has 0 saturated carbocycles. The van der Waals surface area contributed by atoms with E-state index in [0.717, 1.165) is 29.1 Å². The molecule has 1 aromatic carbocycles. The first-order valence-corrected chi connectivity index (χ1v) is 6.33. The highest BCUT2D eigenvalue weighted by Gasteiger charge is 2.12. The normalized spacial score (nSPS) is 14.8. The SMILES string of the molecule is C=C1C=C(c2cc(O)ccc2N=CNN)C=CN1CC. The van der Waals surface area contributed by atoms with Crippen LogP contribution in [0.25, 0.3) is 5.57 Å². The Kier molecular flexibility index (Phi) is 4.22. The summed E-state index contributed by atoms with van der Waals surface area (Å²) in [6.45, 7) is 6.94. The van der Waals surface area contributed by atoms with Gasteiger partial charge in [-0.2, -0.15) is 0 Å². The minimum Gasteiger partial charge on any atom is -0.508 e. The topological polar surface area (TPSA) is 73.9 Å². The molecule has 0 radical (unpaired) electrons. The van der Waals surface area contributed by atoms with Crippen molar-refractivity contribution in [2.75, 3.05) is 6.54 Å². The minimum atomic E-state index is 0.192. The molecular formula is C15H18N4O. The van der Waals surface area contributed by atoms with E-state index in [9.17, 15) is 5.11 Å². The van der Waals surface area contributed by atoms with Gasteiger partial charge >= 0.3 is 0 Å². The Morgan fingerprint density at radius 3 is 2.95 bits per heavy atom. The molecule has 0 spiro atoms. The van der Waals surface area contributed by atoms with Crippen molar-refractivity contribution in [2.45, 2.75) is 6.92 Å². The highest BCUT2D eigenvalue weighted by Crippen LogP contribution is 2.33. The zero-order valence-electron chi connectivity index (χ0n) is 11.4. The molecular weight excluding hydrogens is 252 g/mol. The molecule has 1 aliphatic rings. The van der Waals surface area contributed by atoms with Gasteiger partial charge in [0.2, 0.25) is 0 Å². The summed E-state index contributed by atoms with van der Waals surface area (Å²) in [6, 6.07) is 5.00. The fourth-order valence-corrected chi connectivity index (χ4v) is 2.03. The molecule has 0 unspecified atom stereocenters. The third-order valence-electron chi connectivity index (χ3n) is 3.04. The van der Waals surface area contributed by atoms with Crippen LogP contribution in [-0.2, 0) is 0 Å². The number of likely N-dealkylation sites (N-methyl/N-ethyl adjacent to an activating group) is 1. The second-order valence-corrected chi connectivity index (χ2v) is 4.32. The van der Waals surface area contributed by atoms with E-state index in [1.807, 2.05) is 23.3 Å². The lowest BCUT2D eigenvalue weighted by Crippen LogP contribution is -2.18. The van der Waals surface area contributed by atoms with Crippen LogP contribution >= 0.6 is 0 Å². The van der Waals surface area contributed by atoms with Gasteiger partial charge in [-0.05, 0) is 42.8 Å². The van der Waals surface area contributed by atoms with E-state index in [4.69, 9.17) is 5.84 Å². The molecule has 1 aromatic rings. The van der Waals surface area contributed by atoms with Crippen molar-refractivity contribution in [3.05, 3.63) is 54.4 Å². The van der Waals surface area contributed by atoms with Crippen molar-refractivity contribution >= 4 is 17.6 Å². The van der Waals surface area contributed by atoms with Gasteiger partial charge in [-0.3, -0.25) is 0 Å². The van der Waals surface area contributed by atoms with E-state index in [1.165, 1.54) is 6.34 Å². The molecule has 4 N–H and O–H groups in total. The van der Waals surface area contributed by atoms with E-state index in [0.29, 0.717) is 0 Å². The van der Waals surface area contributed by atoms with Crippen molar-refractivity contribution in [1.29, 1.82) is 0 Å². The number of aliphatic imine (C=N–C) groups is 1. The summed E-state index contributed by atoms with van der Waals surface area (Å²) in [4.78, 5) is 6.25. The first-order valence-electron chi connectivity index (χ1n) is 6.33. The maximum atomic E-state index is 9.68. The van der Waals surface area contributed by atoms with Crippen LogP contribution in [0, 0.1) is 0 Å². The molecule has 2 rings (SSSR count). The summed E-state index contributed by atoms with van der Waals surface area (Å²) in [5.41, 5.74) is 5.76. The zero-order chi connectivity index (χ0) is 14.5. The molecule has 0 fully saturated rings. The number of benzene rings is 1. The minimum absolute atomic E-state index is 0.192. The van der Waals surface area contributed by atoms with E-state index >= 15 is 0 Å². The lowest BCUT2D eigenvalue weighted by Gasteiger charge is -2.23. The number of phenols is 1. The zero-order valence-corrected chi connectivity index (χ0v) is 11.4. The predicted octanol–water partition coefficient (Wildman–Crippen LogP) is 2.26. The number of hydrogen-bond donors (Lipinski definition) is 3. The Bertz CT molecular complexity index is 602. The molecule has 0 aromatic heterocycles. The third-order valence-corrected chi connectivity index (χ3v) is 3.04. The van der Waals surface area contributed by atoms with Crippen molar-refractivity contribution in [1.82, 2.24) is 10.3 Å². The molecule has 0 bridgehead atoms. The van der Waals surface area contributed by atoms with Crippen LogP contribution in [0.1, 0.15) is 12.5 Å². The molecule has 104 valence electrons. The maximum Gasteiger partial charge on any atom is 0.116 e. The van der Waals surface area contributed by atoms with Crippen molar-refractivity contribution in [3.8, 4) is 5.75 Å². The molecule has 1 heterocycles. The Morgan fingerprint density at radius 1 is 1.50 bits per heavy atom. The first kappa shape index (κ1) is 13.9. The molecule has 1 aliphatic heterocycles. The van der Waals surface area contributed by atoms with Crippen molar-refractivity contribution in [3.63, 3.8) is 0 Å². The molecule has 0 atom stereocenters. The lowest BCUT2D eigenvalue weighted by atomic mass is 10.0. The molecule has 5 nitrogen and oxygen atoms in total. The molecule has 20 heavy (non-hydrogen) atoms. The number of aromatic hydroxyl groups is 1. The van der Waals surface area contributed by atoms with Gasteiger partial charge in [0.1, 0.15) is 12.1 Å². The van der Waals surface area contributed by atoms with E-state index < -0.39 is 0 Å². The summed E-state index contributed by atoms with van der Waals surface area (Å²) < 4.78 is 0. The quantitative estimate of drug-likeness (QED) is 0.339. The van der Waals surface area contributed by atoms with Gasteiger partial charge in [0, 0.05) is 24.0 Å². The molecule has 5 heteroatoms. The predicted molar refractivity (Wildman–Crippen MR) is 82.2 cm³/mol. The second-order valence-electron chi connectivity index (χ2n) is 4.32. The van der Waals surface area contributed by atoms with Crippen LogP contribution in [0.15, 0.2) is 53.8 Å². The van der Waals surface area contributed by atoms with Gasteiger partial charge < -0.3 is 15.4 Å². The van der Waals surface area contributed by atoms with Gasteiger partial charge in [0.05, 0.1) is 5.69 Å². The lowest BCUT2D eigenvalue weighted by molar-refractivity contribution is 0.475. The highest BCUT2D eigenvalue weighted by molar-refractivity contribution is 5.85. The number of nitrogens with two attached hydrogens (primary N) is 1. The maximum absolute atomic E-state index is 9.68. The van der Waals surface area contributed by atoms with E-state index in [1.54, 1.807) is 18.2 Å². The second kappa shape index (κ2) is 6.08. The average Bonchev–Trinajstić information content (AvgIpc) is 2.46. The number of nitrogens with zero attached hydrogens (tertiary/aromatic N) is 2. The van der Waals surface area contributed by atoms with Gasteiger partial charge in [0.15, 0.2) is 0 Å². The van der Waals surface area contributed by atoms with E-state index in [2.05, 4.69) is 23.9 Å². The average molecular weight is 270 g/mol. The monoisotopic (exact) mass is 270 g/mol. The van der Waals surface area contributed by atoms with E-state index in [-0.39, 0.29) is 5.75 Å². The largest absolute Gasteiger partial charge is 0.508 e. The fraction of sp³-hybridized carbons (Fsp3) is 0.133. The Hall–Kier alpha value is -2.53. The van der Waals surface area contributed by atoms with Crippen molar-refractivity contribution < 1.29 is 5.11 Å². The molecule has 0 aliphatic carbocycles. The number of rotatable bonds is 4. The number of hydrogen-bond acceptors (Lipinski definition) is 4. The number of phenolic OH excluding ortho intramolecular Hbond substituents is 1. The summed E-state index contributed by atoms with van der Waals surface area (Å²) in [5.74, 6) is 5.39. The van der Waals surface area contributed by atoms with Gasteiger partial charge in [-0.15, -0.1) is 0 Å². The number of allylic oxidation sites excluding steroid dienone is 3. The molecule has 0 amide bonds. The Labute approximate surface area is 118 Å². The van der Waals surface area contributed by atoms with Crippen LogP contribution in [0.3, 0.4) is 0 Å². The molecule has 0 saturated heterocycles. The van der Waals surface area contributed by atoms with Crippen LogP contribution in [-0.4, -0.2) is 22.9 Å². The highest BCUT2D eigenvalue weighted by atomic mass is 16.3. The van der Waals surface area contributed by atoms with Crippen LogP contribution in [0.5, 0.6) is 5.75 Å². The number of nitrogens with one attached hydrogen (secondary N) is 1. The van der Waals surface area contributed by atoms with Gasteiger partial charge in [0.25, 0.3) is 0 Å². The Morgan fingerprint density at radius 2 is 2.30 bits per heavy atom. The first-order chi connectivity index (χ1) is 9.65. The van der Waals surface area contributed by atoms with Crippen LogP contribution in [0.4, 0.5) is 5.69 Å². The van der Waals surface area contributed by atoms with Crippen LogP contribution in [0.2, 0.25) is 0 Å². The van der Waals surface area contributed by atoms with Gasteiger partial charge in [-0.25, -0.2) is 10.8 Å². The standard InChI is InChI=1S/C15H18N4O/c1-3-19-7-6-12(8-11(19)2)14-9-13(20)4-5-15(14)17-10-18-16/h4-10,20H,2-3,16H2,1H3,(H,17,18). The fourth-order valence-electron chi connectivity index (χ4n) is 2.03. The number of hydrazine groups is 1. The smallest absolute Gasteiger partial charge is 0.116 e.